The van der Waals surface area contributed by atoms with Crippen LogP contribution in [-0.2, 0) is 0 Å². The number of hydrogen-bond donors (Lipinski definition) is 0. The molecule has 6 rings (SSSR count). The van der Waals surface area contributed by atoms with Crippen molar-refractivity contribution in [3.8, 4) is 5.69 Å². The van der Waals surface area contributed by atoms with Crippen molar-refractivity contribution in [3.05, 3.63) is 124 Å². The molecule has 0 atom stereocenters. The zero-order valence-corrected chi connectivity index (χ0v) is 20.9. The van der Waals surface area contributed by atoms with Crippen molar-refractivity contribution in [2.24, 2.45) is 0 Å². The summed E-state index contributed by atoms with van der Waals surface area (Å²) in [6.45, 7) is 2.24. The first-order valence-electron chi connectivity index (χ1n) is 12.5. The van der Waals surface area contributed by atoms with Gasteiger partial charge in [0.25, 0.3) is 0 Å². The molecular weight excluding hydrogens is 442 g/mol. The third kappa shape index (κ3) is 4.35. The van der Waals surface area contributed by atoms with Gasteiger partial charge in [-0.25, -0.2) is 0 Å². The van der Waals surface area contributed by atoms with Gasteiger partial charge in [-0.15, -0.1) is 11.8 Å². The molecule has 2 aliphatic rings. The number of nitrogens with zero attached hydrogens (tertiary/aromatic N) is 1. The lowest BCUT2D eigenvalue weighted by Gasteiger charge is -2.12. The van der Waals surface area contributed by atoms with E-state index in [0.717, 1.165) is 6.42 Å². The van der Waals surface area contributed by atoms with Crippen LogP contribution in [0.2, 0.25) is 0 Å². The van der Waals surface area contributed by atoms with Crippen LogP contribution in [0.1, 0.15) is 37.3 Å². The molecule has 35 heavy (non-hydrogen) atoms. The Kier molecular flexibility index (Phi) is 6.06. The molecular formula is C33H29NS. The number of para-hydroxylation sites is 1. The molecule has 172 valence electrons. The molecule has 1 aliphatic heterocycles. The second-order valence-electron chi connectivity index (χ2n) is 9.20. The van der Waals surface area contributed by atoms with Crippen LogP contribution in [-0.4, -0.2) is 10.3 Å². The van der Waals surface area contributed by atoms with Crippen molar-refractivity contribution < 1.29 is 0 Å². The maximum absolute atomic E-state index is 2.39. The van der Waals surface area contributed by atoms with Crippen molar-refractivity contribution in [2.75, 3.05) is 5.75 Å². The molecule has 4 aromatic rings. The molecule has 0 spiro atoms. The predicted molar refractivity (Wildman–Crippen MR) is 155 cm³/mol. The zero-order valence-electron chi connectivity index (χ0n) is 20.1. The largest absolute Gasteiger partial charge is 0.309 e. The summed E-state index contributed by atoms with van der Waals surface area (Å²) in [6.07, 6.45) is 19.4. The van der Waals surface area contributed by atoms with Crippen molar-refractivity contribution in [2.45, 2.75) is 26.2 Å². The number of allylic oxidation sites excluding steroid dienone is 7. The van der Waals surface area contributed by atoms with E-state index in [1.165, 1.54) is 73.3 Å². The van der Waals surface area contributed by atoms with Crippen LogP contribution >= 0.6 is 11.8 Å². The van der Waals surface area contributed by atoms with E-state index in [4.69, 9.17) is 0 Å². The SMILES string of the molecule is CCCC1=C(/C=C/c2ccc3c(c2)c2cc(/C=C/C4=CCCS4)ccc2n3-c2ccccc2)C=C1. The number of fused-ring (bicyclic) bond motifs is 3. The fraction of sp³-hybridized carbons (Fsp3) is 0.152. The Balaban J connectivity index is 1.46. The summed E-state index contributed by atoms with van der Waals surface area (Å²) >= 11 is 1.94. The minimum absolute atomic E-state index is 1.16. The van der Waals surface area contributed by atoms with Crippen LogP contribution in [0.15, 0.2) is 113 Å². The lowest BCUT2D eigenvalue weighted by molar-refractivity contribution is 0.912. The monoisotopic (exact) mass is 471 g/mol. The molecule has 0 saturated carbocycles. The van der Waals surface area contributed by atoms with Gasteiger partial charge in [-0.1, -0.05) is 80.1 Å². The molecule has 0 saturated heterocycles. The second-order valence-corrected chi connectivity index (χ2v) is 10.4. The lowest BCUT2D eigenvalue weighted by atomic mass is 9.93. The van der Waals surface area contributed by atoms with E-state index in [1.54, 1.807) is 0 Å². The predicted octanol–water partition coefficient (Wildman–Crippen LogP) is 9.50. The Morgan fingerprint density at radius 2 is 1.51 bits per heavy atom. The van der Waals surface area contributed by atoms with Crippen molar-refractivity contribution in [3.63, 3.8) is 0 Å². The van der Waals surface area contributed by atoms with Gasteiger partial charge >= 0.3 is 0 Å². The van der Waals surface area contributed by atoms with Crippen molar-refractivity contribution in [1.29, 1.82) is 0 Å². The number of thioether (sulfide) groups is 1. The highest BCUT2D eigenvalue weighted by Crippen LogP contribution is 2.35. The van der Waals surface area contributed by atoms with Crippen LogP contribution in [0.25, 0.3) is 39.6 Å². The number of aromatic nitrogens is 1. The first kappa shape index (κ1) is 22.0. The van der Waals surface area contributed by atoms with Crippen LogP contribution in [0.4, 0.5) is 0 Å². The quantitative estimate of drug-likeness (QED) is 0.260. The molecule has 0 radical (unpaired) electrons. The van der Waals surface area contributed by atoms with Gasteiger partial charge in [0.15, 0.2) is 0 Å². The molecule has 3 aromatic carbocycles. The van der Waals surface area contributed by atoms with E-state index in [-0.39, 0.29) is 0 Å². The van der Waals surface area contributed by atoms with E-state index >= 15 is 0 Å². The highest BCUT2D eigenvalue weighted by Gasteiger charge is 2.13. The Hall–Kier alpha value is -3.49. The van der Waals surface area contributed by atoms with Gasteiger partial charge in [0.2, 0.25) is 0 Å². The smallest absolute Gasteiger partial charge is 0.0541 e. The summed E-state index contributed by atoms with van der Waals surface area (Å²) < 4.78 is 2.39. The standard InChI is InChI=1S/C33H29NS/c1-2-7-26-16-17-27(26)15-11-24-13-19-32-30(22-24)31-23-25(12-18-29-10-6-21-35-29)14-20-33(31)34(32)28-8-4-3-5-9-28/h3-5,8-20,22-23H,2,6-7,21H2,1H3/b15-11+,18-12+. The van der Waals surface area contributed by atoms with Gasteiger partial charge in [0.05, 0.1) is 11.0 Å². The molecule has 0 unspecified atom stereocenters. The van der Waals surface area contributed by atoms with E-state index in [0.29, 0.717) is 0 Å². The van der Waals surface area contributed by atoms with Crippen molar-refractivity contribution in [1.82, 2.24) is 4.57 Å². The molecule has 0 amide bonds. The van der Waals surface area contributed by atoms with Gasteiger partial charge in [0, 0.05) is 27.1 Å². The fourth-order valence-electron chi connectivity index (χ4n) is 5.00. The maximum atomic E-state index is 2.39. The van der Waals surface area contributed by atoms with E-state index in [1.807, 2.05) is 11.8 Å². The van der Waals surface area contributed by atoms with Gasteiger partial charge in [-0.2, -0.15) is 0 Å². The maximum Gasteiger partial charge on any atom is 0.0541 e. The number of benzene rings is 3. The van der Waals surface area contributed by atoms with Crippen LogP contribution < -0.4 is 0 Å². The minimum Gasteiger partial charge on any atom is -0.309 e. The third-order valence-corrected chi connectivity index (χ3v) is 7.89. The Bertz CT molecular complexity index is 1560. The summed E-state index contributed by atoms with van der Waals surface area (Å²) in [5, 5.41) is 2.59. The van der Waals surface area contributed by atoms with Crippen LogP contribution in [0, 0.1) is 0 Å². The Morgan fingerprint density at radius 3 is 2.11 bits per heavy atom. The summed E-state index contributed by atoms with van der Waals surface area (Å²) in [6, 6.07) is 24.4. The summed E-state index contributed by atoms with van der Waals surface area (Å²) in [4.78, 5) is 1.38. The Morgan fingerprint density at radius 1 is 0.800 bits per heavy atom. The van der Waals surface area contributed by atoms with Gasteiger partial charge in [0.1, 0.15) is 0 Å². The molecule has 0 fully saturated rings. The number of hydrogen-bond acceptors (Lipinski definition) is 1. The van der Waals surface area contributed by atoms with Gasteiger partial charge < -0.3 is 4.57 Å². The fourth-order valence-corrected chi connectivity index (χ4v) is 5.87. The first-order chi connectivity index (χ1) is 17.3. The molecule has 2 heterocycles. The minimum atomic E-state index is 1.16. The average molecular weight is 472 g/mol. The Labute approximate surface area is 211 Å². The van der Waals surface area contributed by atoms with E-state index in [9.17, 15) is 0 Å². The highest BCUT2D eigenvalue weighted by molar-refractivity contribution is 8.03. The molecule has 0 N–H and O–H groups in total. The summed E-state index contributed by atoms with van der Waals surface area (Å²) in [7, 11) is 0. The van der Waals surface area contributed by atoms with E-state index < -0.39 is 0 Å². The molecule has 1 nitrogen and oxygen atoms in total. The molecule has 0 bridgehead atoms. The van der Waals surface area contributed by atoms with Gasteiger partial charge in [-0.3, -0.25) is 0 Å². The highest BCUT2D eigenvalue weighted by atomic mass is 32.2. The van der Waals surface area contributed by atoms with Crippen LogP contribution in [0.5, 0.6) is 0 Å². The second kappa shape index (κ2) is 9.64. The first-order valence-corrected chi connectivity index (χ1v) is 13.5. The number of rotatable bonds is 7. The average Bonchev–Trinajstić information content (AvgIpc) is 3.52. The summed E-state index contributed by atoms with van der Waals surface area (Å²) in [5.74, 6) is 1.20. The van der Waals surface area contributed by atoms with Crippen molar-refractivity contribution >= 4 is 45.7 Å². The summed E-state index contributed by atoms with van der Waals surface area (Å²) in [5.41, 5.74) is 9.00. The van der Waals surface area contributed by atoms with Crippen LogP contribution in [0.3, 0.4) is 0 Å². The van der Waals surface area contributed by atoms with Gasteiger partial charge in [-0.05, 0) is 77.6 Å². The topological polar surface area (TPSA) is 4.93 Å². The van der Waals surface area contributed by atoms with E-state index in [2.05, 4.69) is 121 Å². The lowest BCUT2D eigenvalue weighted by Crippen LogP contribution is -1.93. The zero-order chi connectivity index (χ0) is 23.6. The third-order valence-electron chi connectivity index (χ3n) is 6.81. The molecule has 2 heteroatoms. The molecule has 1 aromatic heterocycles. The molecule has 1 aliphatic carbocycles. The normalized spacial score (nSPS) is 15.7.